The first-order chi connectivity index (χ1) is 15.9. The van der Waals surface area contributed by atoms with Gasteiger partial charge in [-0.15, -0.1) is 10.2 Å². The Hall–Kier alpha value is -2.95. The van der Waals surface area contributed by atoms with E-state index < -0.39 is 4.92 Å². The van der Waals surface area contributed by atoms with Gasteiger partial charge in [0.1, 0.15) is 0 Å². The molecule has 33 heavy (non-hydrogen) atoms. The van der Waals surface area contributed by atoms with Gasteiger partial charge >= 0.3 is 0 Å². The third kappa shape index (κ3) is 5.52. The van der Waals surface area contributed by atoms with Crippen molar-refractivity contribution >= 4 is 40.6 Å². The highest BCUT2D eigenvalue weighted by atomic mass is 35.5. The van der Waals surface area contributed by atoms with Crippen LogP contribution in [0, 0.1) is 17.0 Å². The lowest BCUT2D eigenvalue weighted by Crippen LogP contribution is -2.18. The van der Waals surface area contributed by atoms with E-state index in [0.717, 1.165) is 18.4 Å². The second-order valence-corrected chi connectivity index (χ2v) is 8.95. The molecule has 1 N–H and O–H groups in total. The van der Waals surface area contributed by atoms with Gasteiger partial charge in [-0.1, -0.05) is 29.4 Å². The number of halogens is 1. The van der Waals surface area contributed by atoms with E-state index in [1.54, 1.807) is 30.3 Å². The van der Waals surface area contributed by atoms with Gasteiger partial charge in [0, 0.05) is 35.0 Å². The molecule has 1 unspecified atom stereocenters. The van der Waals surface area contributed by atoms with E-state index in [-0.39, 0.29) is 23.5 Å². The molecule has 1 amide bonds. The lowest BCUT2D eigenvalue weighted by Gasteiger charge is -2.15. The fraction of sp³-hybridized carbons (Fsp3) is 0.318. The Kier molecular flexibility index (Phi) is 7.26. The van der Waals surface area contributed by atoms with E-state index in [9.17, 15) is 14.9 Å². The van der Waals surface area contributed by atoms with Crippen LogP contribution < -0.4 is 5.32 Å². The molecule has 3 aromatic rings. The number of hydrogen-bond donors (Lipinski definition) is 1. The second kappa shape index (κ2) is 10.3. The summed E-state index contributed by atoms with van der Waals surface area (Å²) in [4.78, 5) is 23.1. The molecule has 1 aromatic heterocycles. The molecule has 1 atom stereocenters. The summed E-state index contributed by atoms with van der Waals surface area (Å²) in [5.74, 6) is 0.526. The predicted molar refractivity (Wildman–Crippen MR) is 127 cm³/mol. The van der Waals surface area contributed by atoms with Crippen LogP contribution in [0.15, 0.2) is 47.6 Å². The molecule has 9 nitrogen and oxygen atoms in total. The molecule has 11 heteroatoms. The van der Waals surface area contributed by atoms with E-state index in [1.807, 2.05) is 11.5 Å². The summed E-state index contributed by atoms with van der Waals surface area (Å²) in [6.45, 7) is 3.10. The number of anilines is 1. The average molecular weight is 488 g/mol. The fourth-order valence-corrected chi connectivity index (χ4v) is 4.48. The minimum absolute atomic E-state index is 0.00604. The molecular formula is C22H22ClN5O4S. The minimum atomic E-state index is -0.442. The summed E-state index contributed by atoms with van der Waals surface area (Å²) in [7, 11) is 0. The number of hydrogen-bond acceptors (Lipinski definition) is 7. The molecule has 2 aromatic carbocycles. The largest absolute Gasteiger partial charge is 0.376 e. The number of nitrogens with one attached hydrogen (secondary N) is 1. The van der Waals surface area contributed by atoms with Crippen LogP contribution in [-0.2, 0) is 16.1 Å². The van der Waals surface area contributed by atoms with E-state index in [1.165, 1.54) is 23.9 Å². The zero-order valence-electron chi connectivity index (χ0n) is 17.9. The van der Waals surface area contributed by atoms with Crippen molar-refractivity contribution in [3.05, 3.63) is 63.2 Å². The molecule has 172 valence electrons. The standard InChI is InChI=1S/C22H22ClN5O4S/c1-14-18(23)5-2-6-19(14)24-20(29)13-33-22-26-25-21(27(22)12-17-4-3-11-32-17)15-7-9-16(10-8-15)28(30)31/h2,5-10,17H,3-4,11-13H2,1H3,(H,24,29). The van der Waals surface area contributed by atoms with E-state index in [0.29, 0.717) is 40.4 Å². The number of non-ortho nitro benzene ring substituents is 1. The van der Waals surface area contributed by atoms with Crippen molar-refractivity contribution < 1.29 is 14.5 Å². The van der Waals surface area contributed by atoms with Gasteiger partial charge in [-0.3, -0.25) is 19.5 Å². The summed E-state index contributed by atoms with van der Waals surface area (Å²) >= 11 is 7.40. The maximum atomic E-state index is 12.6. The Labute approximate surface area is 199 Å². The number of benzene rings is 2. The minimum Gasteiger partial charge on any atom is -0.376 e. The number of nitrogens with zero attached hydrogens (tertiary/aromatic N) is 4. The Morgan fingerprint density at radius 2 is 2.09 bits per heavy atom. The van der Waals surface area contributed by atoms with Crippen LogP contribution in [0.3, 0.4) is 0 Å². The number of nitro benzene ring substituents is 1. The van der Waals surface area contributed by atoms with E-state index >= 15 is 0 Å². The van der Waals surface area contributed by atoms with Gasteiger partial charge < -0.3 is 10.1 Å². The summed E-state index contributed by atoms with van der Waals surface area (Å²) in [6.07, 6.45) is 1.94. The molecular weight excluding hydrogens is 466 g/mol. The SMILES string of the molecule is Cc1c(Cl)cccc1NC(=O)CSc1nnc(-c2ccc([N+](=O)[O-])cc2)n1CC1CCCO1. The van der Waals surface area contributed by atoms with Crippen LogP contribution in [0.2, 0.25) is 5.02 Å². The van der Waals surface area contributed by atoms with Crippen LogP contribution in [0.25, 0.3) is 11.4 Å². The quantitative estimate of drug-likeness (QED) is 0.278. The molecule has 1 saturated heterocycles. The third-order valence-corrected chi connectivity index (χ3v) is 6.71. The molecule has 0 radical (unpaired) electrons. The topological polar surface area (TPSA) is 112 Å². The first kappa shape index (κ1) is 23.2. The smallest absolute Gasteiger partial charge is 0.269 e. The van der Waals surface area contributed by atoms with Gasteiger partial charge in [0.05, 0.1) is 23.3 Å². The van der Waals surface area contributed by atoms with Crippen molar-refractivity contribution in [3.8, 4) is 11.4 Å². The number of carbonyl (C=O) groups is 1. The Bertz CT molecular complexity index is 1160. The van der Waals surface area contributed by atoms with Crippen LogP contribution in [0.5, 0.6) is 0 Å². The molecule has 0 aliphatic carbocycles. The zero-order valence-corrected chi connectivity index (χ0v) is 19.4. The van der Waals surface area contributed by atoms with Gasteiger partial charge in [-0.2, -0.15) is 0 Å². The fourth-order valence-electron chi connectivity index (χ4n) is 3.56. The van der Waals surface area contributed by atoms with Crippen LogP contribution in [0.1, 0.15) is 18.4 Å². The van der Waals surface area contributed by atoms with Crippen LogP contribution in [-0.4, -0.2) is 44.1 Å². The number of aromatic nitrogens is 3. The second-order valence-electron chi connectivity index (χ2n) is 7.61. The highest BCUT2D eigenvalue weighted by Crippen LogP contribution is 2.28. The van der Waals surface area contributed by atoms with Crippen molar-refractivity contribution in [1.82, 2.24) is 14.8 Å². The van der Waals surface area contributed by atoms with Crippen LogP contribution >= 0.6 is 23.4 Å². The van der Waals surface area contributed by atoms with Crippen molar-refractivity contribution in [2.75, 3.05) is 17.7 Å². The zero-order chi connectivity index (χ0) is 23.4. The van der Waals surface area contributed by atoms with Gasteiger partial charge in [0.25, 0.3) is 5.69 Å². The van der Waals surface area contributed by atoms with Gasteiger partial charge in [0.2, 0.25) is 5.91 Å². The third-order valence-electron chi connectivity index (χ3n) is 5.34. The molecule has 0 bridgehead atoms. The van der Waals surface area contributed by atoms with Gasteiger partial charge in [0.15, 0.2) is 11.0 Å². The van der Waals surface area contributed by atoms with Crippen molar-refractivity contribution in [3.63, 3.8) is 0 Å². The predicted octanol–water partition coefficient (Wildman–Crippen LogP) is 4.72. The van der Waals surface area contributed by atoms with Crippen molar-refractivity contribution in [2.45, 2.75) is 37.6 Å². The Morgan fingerprint density at radius 3 is 2.79 bits per heavy atom. The molecule has 1 aliphatic rings. The van der Waals surface area contributed by atoms with Gasteiger partial charge in [-0.25, -0.2) is 0 Å². The molecule has 1 fully saturated rings. The normalized spacial score (nSPS) is 15.5. The molecule has 2 heterocycles. The maximum Gasteiger partial charge on any atom is 0.269 e. The summed E-state index contributed by atoms with van der Waals surface area (Å²) in [6, 6.07) is 11.5. The van der Waals surface area contributed by atoms with Gasteiger partial charge in [-0.05, 0) is 49.6 Å². The molecule has 0 saturated carbocycles. The van der Waals surface area contributed by atoms with E-state index in [2.05, 4.69) is 15.5 Å². The first-order valence-corrected chi connectivity index (χ1v) is 11.8. The number of ether oxygens (including phenoxy) is 1. The lowest BCUT2D eigenvalue weighted by atomic mass is 10.2. The first-order valence-electron chi connectivity index (χ1n) is 10.4. The summed E-state index contributed by atoms with van der Waals surface area (Å²) < 4.78 is 7.70. The van der Waals surface area contributed by atoms with E-state index in [4.69, 9.17) is 16.3 Å². The monoisotopic (exact) mass is 487 g/mol. The van der Waals surface area contributed by atoms with Crippen LogP contribution in [0.4, 0.5) is 11.4 Å². The Balaban J connectivity index is 1.52. The highest BCUT2D eigenvalue weighted by Gasteiger charge is 2.22. The maximum absolute atomic E-state index is 12.6. The number of rotatable bonds is 8. The molecule has 1 aliphatic heterocycles. The lowest BCUT2D eigenvalue weighted by molar-refractivity contribution is -0.384. The number of carbonyl (C=O) groups excluding carboxylic acids is 1. The summed E-state index contributed by atoms with van der Waals surface area (Å²) in [5.41, 5.74) is 2.18. The molecule has 4 rings (SSSR count). The van der Waals surface area contributed by atoms with Crippen molar-refractivity contribution in [1.29, 1.82) is 0 Å². The summed E-state index contributed by atoms with van der Waals surface area (Å²) in [5, 5.41) is 23.6. The number of thioether (sulfide) groups is 1. The number of amides is 1. The van der Waals surface area contributed by atoms with Crippen molar-refractivity contribution in [2.24, 2.45) is 0 Å². The number of nitro groups is 1. The highest BCUT2D eigenvalue weighted by molar-refractivity contribution is 7.99. The Morgan fingerprint density at radius 1 is 1.30 bits per heavy atom. The average Bonchev–Trinajstić information content (AvgIpc) is 3.46. The molecule has 0 spiro atoms.